The number of hydrogen-bond donors (Lipinski definition) is 2. The molecule has 0 bridgehead atoms. The van der Waals surface area contributed by atoms with Crippen LogP contribution in [0.15, 0.2) is 11.6 Å². The van der Waals surface area contributed by atoms with E-state index in [1.54, 1.807) is 0 Å². The molecule has 2 nitrogen and oxygen atoms in total. The third kappa shape index (κ3) is 3.65. The minimum absolute atomic E-state index is 0.200. The standard InChI is InChI=1S/C27H46O2/c1-17(2)7-6-8-18(3)21-9-10-22-25-23(12-14-27(21,22)5)26(4)13-11-20(28)15-19(26)16-24(25)29/h16-18,20-25,28-29H,6-15H2,1-5H3/t18-,20+,21+,22+,23+,24-,25+,26+,27-/m1/s1. The van der Waals surface area contributed by atoms with Crippen LogP contribution in [0.5, 0.6) is 0 Å². The molecule has 2 heteroatoms. The zero-order valence-corrected chi connectivity index (χ0v) is 19.7. The molecule has 2 N–H and O–H groups in total. The van der Waals surface area contributed by atoms with Gasteiger partial charge in [-0.3, -0.25) is 0 Å². The Labute approximate surface area is 179 Å². The summed E-state index contributed by atoms with van der Waals surface area (Å²) in [7, 11) is 0. The minimum Gasteiger partial charge on any atom is -0.393 e. The van der Waals surface area contributed by atoms with Crippen LogP contribution in [0.25, 0.3) is 0 Å². The highest BCUT2D eigenvalue weighted by atomic mass is 16.3. The molecule has 0 unspecified atom stereocenters. The van der Waals surface area contributed by atoms with Crippen molar-refractivity contribution in [3.63, 3.8) is 0 Å². The summed E-state index contributed by atoms with van der Waals surface area (Å²) in [6, 6.07) is 0. The van der Waals surface area contributed by atoms with E-state index in [1.165, 1.54) is 50.5 Å². The Kier molecular flexibility index (Phi) is 6.01. The quantitative estimate of drug-likeness (QED) is 0.525. The van der Waals surface area contributed by atoms with Crippen molar-refractivity contribution >= 4 is 0 Å². The van der Waals surface area contributed by atoms with Gasteiger partial charge in [-0.15, -0.1) is 0 Å². The van der Waals surface area contributed by atoms with Gasteiger partial charge in [0.05, 0.1) is 12.2 Å². The van der Waals surface area contributed by atoms with Crippen molar-refractivity contribution in [1.29, 1.82) is 0 Å². The lowest BCUT2D eigenvalue weighted by Crippen LogP contribution is -2.54. The Morgan fingerprint density at radius 2 is 1.72 bits per heavy atom. The number of rotatable bonds is 5. The molecule has 0 saturated heterocycles. The van der Waals surface area contributed by atoms with E-state index in [0.717, 1.165) is 37.0 Å². The van der Waals surface area contributed by atoms with Gasteiger partial charge in [0.25, 0.3) is 0 Å². The van der Waals surface area contributed by atoms with E-state index in [1.807, 2.05) is 0 Å². The van der Waals surface area contributed by atoms with Crippen LogP contribution in [0.3, 0.4) is 0 Å². The molecular weight excluding hydrogens is 356 g/mol. The minimum atomic E-state index is -0.298. The predicted molar refractivity (Wildman–Crippen MR) is 120 cm³/mol. The van der Waals surface area contributed by atoms with Crippen LogP contribution in [-0.4, -0.2) is 22.4 Å². The van der Waals surface area contributed by atoms with Crippen LogP contribution in [0.4, 0.5) is 0 Å². The van der Waals surface area contributed by atoms with Crippen molar-refractivity contribution in [2.75, 3.05) is 0 Å². The normalized spacial score (nSPS) is 47.9. The first-order valence-electron chi connectivity index (χ1n) is 12.7. The summed E-state index contributed by atoms with van der Waals surface area (Å²) in [6.07, 6.45) is 13.9. The molecular formula is C27H46O2. The fraction of sp³-hybridized carbons (Fsp3) is 0.926. The lowest BCUT2D eigenvalue weighted by Gasteiger charge is -2.59. The van der Waals surface area contributed by atoms with E-state index in [0.29, 0.717) is 23.2 Å². The molecule has 0 radical (unpaired) electrons. The number of aliphatic hydroxyl groups excluding tert-OH is 2. The molecule has 0 aromatic rings. The van der Waals surface area contributed by atoms with Gasteiger partial charge in [0.15, 0.2) is 0 Å². The number of aliphatic hydroxyl groups is 2. The maximum Gasteiger partial charge on any atom is 0.0757 e. The topological polar surface area (TPSA) is 40.5 Å². The van der Waals surface area contributed by atoms with Crippen LogP contribution in [0, 0.1) is 46.3 Å². The van der Waals surface area contributed by atoms with E-state index in [2.05, 4.69) is 40.7 Å². The fourth-order valence-corrected chi connectivity index (χ4v) is 8.65. The molecule has 3 saturated carbocycles. The molecule has 0 heterocycles. The first-order valence-corrected chi connectivity index (χ1v) is 12.7. The van der Waals surface area contributed by atoms with E-state index in [9.17, 15) is 10.2 Å². The molecule has 29 heavy (non-hydrogen) atoms. The first kappa shape index (κ1) is 21.9. The summed E-state index contributed by atoms with van der Waals surface area (Å²) in [5.74, 6) is 4.18. The molecule has 0 aliphatic heterocycles. The smallest absolute Gasteiger partial charge is 0.0757 e. The van der Waals surface area contributed by atoms with E-state index in [4.69, 9.17) is 0 Å². The number of fused-ring (bicyclic) bond motifs is 5. The van der Waals surface area contributed by atoms with Gasteiger partial charge in [0.1, 0.15) is 0 Å². The molecule has 4 aliphatic carbocycles. The van der Waals surface area contributed by atoms with E-state index < -0.39 is 0 Å². The Morgan fingerprint density at radius 1 is 0.966 bits per heavy atom. The van der Waals surface area contributed by atoms with Crippen LogP contribution in [0.1, 0.15) is 98.8 Å². The van der Waals surface area contributed by atoms with Crippen molar-refractivity contribution in [3.8, 4) is 0 Å². The first-order chi connectivity index (χ1) is 13.7. The van der Waals surface area contributed by atoms with Crippen molar-refractivity contribution in [2.45, 2.75) is 111 Å². The summed E-state index contributed by atoms with van der Waals surface area (Å²) in [6.45, 7) is 12.2. The second kappa shape index (κ2) is 7.97. The molecule has 0 aromatic heterocycles. The second-order valence-electron chi connectivity index (χ2n) is 12.3. The zero-order valence-electron chi connectivity index (χ0n) is 19.7. The van der Waals surface area contributed by atoms with Crippen molar-refractivity contribution in [3.05, 3.63) is 11.6 Å². The molecule has 4 rings (SSSR count). The monoisotopic (exact) mass is 402 g/mol. The van der Waals surface area contributed by atoms with Gasteiger partial charge >= 0.3 is 0 Å². The predicted octanol–water partition coefficient (Wildman–Crippen LogP) is 6.36. The average molecular weight is 403 g/mol. The summed E-state index contributed by atoms with van der Waals surface area (Å²) in [5.41, 5.74) is 1.99. The third-order valence-corrected chi connectivity index (χ3v) is 10.3. The van der Waals surface area contributed by atoms with Gasteiger partial charge in [-0.2, -0.15) is 0 Å². The van der Waals surface area contributed by atoms with Crippen LogP contribution in [0.2, 0.25) is 0 Å². The zero-order chi connectivity index (χ0) is 21.0. The summed E-state index contributed by atoms with van der Waals surface area (Å²) in [4.78, 5) is 0. The van der Waals surface area contributed by atoms with Crippen molar-refractivity contribution in [1.82, 2.24) is 0 Å². The lowest BCUT2D eigenvalue weighted by atomic mass is 9.46. The maximum absolute atomic E-state index is 11.3. The van der Waals surface area contributed by atoms with Gasteiger partial charge < -0.3 is 10.2 Å². The highest BCUT2D eigenvalue weighted by Crippen LogP contribution is 2.67. The average Bonchev–Trinajstić information content (AvgIpc) is 3.00. The molecule has 4 aliphatic rings. The lowest BCUT2D eigenvalue weighted by molar-refractivity contribution is -0.0970. The highest BCUT2D eigenvalue weighted by Gasteiger charge is 2.61. The number of hydrogen-bond acceptors (Lipinski definition) is 2. The van der Waals surface area contributed by atoms with Crippen molar-refractivity contribution in [2.24, 2.45) is 46.3 Å². The summed E-state index contributed by atoms with van der Waals surface area (Å²) < 4.78 is 0. The fourth-order valence-electron chi connectivity index (χ4n) is 8.65. The Balaban J connectivity index is 1.54. The SMILES string of the molecule is CC(C)CCC[C@@H](C)[C@@H]1CC[C@H]2[C@@H]3[C@H](O)C=C4C[C@@H](O)CC[C@]4(C)[C@H]3CC[C@@]21C. The molecule has 0 aromatic carbocycles. The van der Waals surface area contributed by atoms with Gasteiger partial charge in [0.2, 0.25) is 0 Å². The third-order valence-electron chi connectivity index (χ3n) is 10.3. The molecule has 0 spiro atoms. The van der Waals surface area contributed by atoms with E-state index in [-0.39, 0.29) is 17.6 Å². The van der Waals surface area contributed by atoms with Gasteiger partial charge in [-0.1, -0.05) is 65.5 Å². The Hall–Kier alpha value is -0.340. The Morgan fingerprint density at radius 3 is 2.45 bits per heavy atom. The van der Waals surface area contributed by atoms with Gasteiger partial charge in [-0.05, 0) is 91.3 Å². The van der Waals surface area contributed by atoms with Crippen LogP contribution in [-0.2, 0) is 0 Å². The highest BCUT2D eigenvalue weighted by molar-refractivity contribution is 5.27. The van der Waals surface area contributed by atoms with Crippen LogP contribution < -0.4 is 0 Å². The maximum atomic E-state index is 11.3. The molecule has 166 valence electrons. The molecule has 3 fully saturated rings. The second-order valence-corrected chi connectivity index (χ2v) is 12.3. The van der Waals surface area contributed by atoms with E-state index >= 15 is 0 Å². The van der Waals surface area contributed by atoms with Gasteiger partial charge in [-0.25, -0.2) is 0 Å². The summed E-state index contributed by atoms with van der Waals surface area (Å²) >= 11 is 0. The largest absolute Gasteiger partial charge is 0.393 e. The molecule has 9 atom stereocenters. The molecule has 0 amide bonds. The van der Waals surface area contributed by atoms with Gasteiger partial charge in [0, 0.05) is 0 Å². The Bertz CT molecular complexity index is 624. The van der Waals surface area contributed by atoms with Crippen molar-refractivity contribution < 1.29 is 10.2 Å². The summed E-state index contributed by atoms with van der Waals surface area (Å²) in [5, 5.41) is 21.5. The van der Waals surface area contributed by atoms with Crippen LogP contribution >= 0.6 is 0 Å².